The molecular weight excluding hydrogens is 662 g/mol. The first-order chi connectivity index (χ1) is 25.1. The van der Waals surface area contributed by atoms with Crippen LogP contribution in [0.5, 0.6) is 0 Å². The van der Waals surface area contributed by atoms with E-state index in [2.05, 4.69) is 104 Å². The zero-order chi connectivity index (χ0) is 35.7. The molecule has 2 atom stereocenters. The molecule has 256 valence electrons. The highest BCUT2D eigenvalue weighted by Crippen LogP contribution is 2.62. The molecule has 8 aromatic rings. The van der Waals surface area contributed by atoms with E-state index < -0.39 is 45.7 Å². The van der Waals surface area contributed by atoms with Gasteiger partial charge in [0.2, 0.25) is 5.82 Å². The van der Waals surface area contributed by atoms with E-state index in [9.17, 15) is 13.2 Å². The van der Waals surface area contributed by atoms with Crippen molar-refractivity contribution >= 4 is 54.5 Å². The number of hydrogen-bond acceptors (Lipinski definition) is 1. The maximum Gasteiger partial charge on any atom is 0.200 e. The van der Waals surface area contributed by atoms with Gasteiger partial charge in [0.05, 0.1) is 5.54 Å². The van der Waals surface area contributed by atoms with E-state index >= 15 is 8.78 Å². The number of anilines is 2. The van der Waals surface area contributed by atoms with Crippen LogP contribution in [0.15, 0.2) is 109 Å². The largest absolute Gasteiger partial charge is 0.329 e. The van der Waals surface area contributed by atoms with Gasteiger partial charge < -0.3 is 4.90 Å². The van der Waals surface area contributed by atoms with Crippen molar-refractivity contribution in [2.75, 3.05) is 4.90 Å². The average Bonchev–Trinajstić information content (AvgIpc) is 3.37. The second kappa shape index (κ2) is 10.8. The third-order valence-electron chi connectivity index (χ3n) is 12.6. The minimum absolute atomic E-state index is 0.469. The fourth-order valence-electron chi connectivity index (χ4n) is 9.79. The Balaban J connectivity index is 1.20. The summed E-state index contributed by atoms with van der Waals surface area (Å²) in [6, 6.07) is 38.0. The lowest BCUT2D eigenvalue weighted by Gasteiger charge is -2.50. The number of halogens is 5. The Kier molecular flexibility index (Phi) is 6.47. The Hall–Kier alpha value is -5.49. The van der Waals surface area contributed by atoms with Gasteiger partial charge in [-0.2, -0.15) is 0 Å². The molecule has 1 saturated carbocycles. The summed E-state index contributed by atoms with van der Waals surface area (Å²) in [6.45, 7) is 3.97. The molecule has 0 spiro atoms. The first-order valence-corrected chi connectivity index (χ1v) is 17.8. The van der Waals surface area contributed by atoms with Crippen LogP contribution < -0.4 is 4.90 Å². The lowest BCUT2D eigenvalue weighted by molar-refractivity contribution is 0.192. The zero-order valence-electron chi connectivity index (χ0n) is 28.6. The van der Waals surface area contributed by atoms with E-state index in [0.717, 1.165) is 51.1 Å². The molecule has 0 bridgehead atoms. The number of benzene rings is 8. The minimum atomic E-state index is -2.15. The molecule has 2 aliphatic rings. The molecule has 1 heterocycles. The fourth-order valence-corrected chi connectivity index (χ4v) is 9.79. The lowest BCUT2D eigenvalue weighted by atomic mass is 9.61. The summed E-state index contributed by atoms with van der Waals surface area (Å²) in [7, 11) is 0. The van der Waals surface area contributed by atoms with Crippen LogP contribution in [0, 0.1) is 29.1 Å². The summed E-state index contributed by atoms with van der Waals surface area (Å²) < 4.78 is 74.7. The van der Waals surface area contributed by atoms with Gasteiger partial charge in [0.25, 0.3) is 0 Å². The third kappa shape index (κ3) is 3.93. The van der Waals surface area contributed by atoms with Crippen molar-refractivity contribution in [3.63, 3.8) is 0 Å². The smallest absolute Gasteiger partial charge is 0.200 e. The number of rotatable bonds is 3. The Bertz CT molecular complexity index is 2770. The third-order valence-corrected chi connectivity index (χ3v) is 12.6. The predicted molar refractivity (Wildman–Crippen MR) is 201 cm³/mol. The van der Waals surface area contributed by atoms with Gasteiger partial charge in [-0.3, -0.25) is 0 Å². The van der Waals surface area contributed by atoms with Gasteiger partial charge in [-0.25, -0.2) is 22.0 Å². The normalized spacial score (nSPS) is 20.0. The van der Waals surface area contributed by atoms with E-state index in [1.807, 2.05) is 13.0 Å². The van der Waals surface area contributed by atoms with Gasteiger partial charge in [-0.1, -0.05) is 117 Å². The maximum absolute atomic E-state index is 15.6. The predicted octanol–water partition coefficient (Wildman–Crippen LogP) is 13.5. The summed E-state index contributed by atoms with van der Waals surface area (Å²) in [5.41, 5.74) is 3.17. The van der Waals surface area contributed by atoms with Crippen molar-refractivity contribution in [3.8, 4) is 22.3 Å². The highest BCUT2D eigenvalue weighted by Gasteiger charge is 2.59. The van der Waals surface area contributed by atoms with Crippen LogP contribution in [-0.2, 0) is 5.41 Å². The Morgan fingerprint density at radius 1 is 0.500 bits per heavy atom. The zero-order valence-corrected chi connectivity index (χ0v) is 28.6. The summed E-state index contributed by atoms with van der Waals surface area (Å²) in [6.07, 6.45) is 2.90. The fraction of sp³-hybridized carbons (Fsp3) is 0.174. The monoisotopic (exact) mass is 693 g/mol. The molecule has 1 unspecified atom stereocenters. The van der Waals surface area contributed by atoms with Crippen LogP contribution in [0.4, 0.5) is 33.3 Å². The highest BCUT2D eigenvalue weighted by molar-refractivity contribution is 6.28. The van der Waals surface area contributed by atoms with Crippen LogP contribution in [0.3, 0.4) is 0 Å². The van der Waals surface area contributed by atoms with Crippen molar-refractivity contribution in [2.24, 2.45) is 0 Å². The number of hydrogen-bond donors (Lipinski definition) is 0. The summed E-state index contributed by atoms with van der Waals surface area (Å²) in [4.78, 5) is 1.40. The molecule has 1 fully saturated rings. The molecule has 0 aromatic heterocycles. The van der Waals surface area contributed by atoms with E-state index in [4.69, 9.17) is 0 Å². The molecule has 52 heavy (non-hydrogen) atoms. The second-order valence-corrected chi connectivity index (χ2v) is 15.0. The van der Waals surface area contributed by atoms with Gasteiger partial charge in [0.15, 0.2) is 23.3 Å². The van der Waals surface area contributed by atoms with Crippen LogP contribution in [0.2, 0.25) is 0 Å². The molecule has 1 aliphatic heterocycles. The first-order valence-electron chi connectivity index (χ1n) is 17.8. The Morgan fingerprint density at radius 3 is 1.81 bits per heavy atom. The number of nitrogens with zero attached hydrogens (tertiary/aromatic N) is 1. The van der Waals surface area contributed by atoms with Gasteiger partial charge in [-0.05, 0) is 103 Å². The van der Waals surface area contributed by atoms with E-state index in [1.165, 1.54) is 37.6 Å². The number of fused-ring (bicyclic) bond motifs is 4. The minimum Gasteiger partial charge on any atom is -0.329 e. The molecule has 1 nitrogen and oxygen atoms in total. The average molecular weight is 694 g/mol. The molecule has 0 saturated heterocycles. The van der Waals surface area contributed by atoms with Gasteiger partial charge in [-0.15, -0.1) is 0 Å². The second-order valence-electron chi connectivity index (χ2n) is 15.0. The SMILES string of the molecule is CC12CCCC[C@@]1(C)N(c1c(F)c(F)c(F)c(F)c1F)c1ccc(-c3ccc4ccc5c(-c6cccc7ccccc67)ccc6ccc3c4c65)cc12. The molecule has 0 radical (unpaired) electrons. The first kappa shape index (κ1) is 31.3. The maximum atomic E-state index is 15.6. The van der Waals surface area contributed by atoms with Crippen LogP contribution >= 0.6 is 0 Å². The Labute approximate surface area is 297 Å². The summed E-state index contributed by atoms with van der Waals surface area (Å²) in [5.74, 6) is -9.63. The van der Waals surface area contributed by atoms with Crippen LogP contribution in [0.25, 0.3) is 65.3 Å². The van der Waals surface area contributed by atoms with Crippen molar-refractivity contribution in [2.45, 2.75) is 50.5 Å². The van der Waals surface area contributed by atoms with Crippen molar-refractivity contribution < 1.29 is 22.0 Å². The molecule has 6 heteroatoms. The molecule has 1 aliphatic carbocycles. The summed E-state index contributed by atoms with van der Waals surface area (Å²) >= 11 is 0. The summed E-state index contributed by atoms with van der Waals surface area (Å²) in [5, 5.41) is 9.25. The molecular formula is C46H32F5N. The van der Waals surface area contributed by atoms with Crippen LogP contribution in [0.1, 0.15) is 45.1 Å². The molecule has 10 rings (SSSR count). The van der Waals surface area contributed by atoms with Crippen molar-refractivity contribution in [1.82, 2.24) is 0 Å². The van der Waals surface area contributed by atoms with Crippen molar-refractivity contribution in [3.05, 3.63) is 144 Å². The quantitative estimate of drug-likeness (QED) is 0.0771. The Morgan fingerprint density at radius 2 is 1.08 bits per heavy atom. The van der Waals surface area contributed by atoms with Gasteiger partial charge >= 0.3 is 0 Å². The lowest BCUT2D eigenvalue weighted by Crippen LogP contribution is -2.55. The van der Waals surface area contributed by atoms with Gasteiger partial charge in [0, 0.05) is 11.1 Å². The molecule has 0 N–H and O–H groups in total. The standard InChI is InChI=1S/C46H32F5N/c1-45-22-5-6-23-46(45,2)52(44-42(50)40(48)39(47)41(49)43(44)51)36-21-16-28(24-35(36)45)30-17-12-26-15-20-34-32(18-13-27-14-19-33(30)37(26)38(27)34)31-11-7-9-25-8-3-4-10-29(25)31/h3-4,7-21,24H,5-6,22-23H2,1-2H3/t45?,46-/m1/s1. The van der Waals surface area contributed by atoms with E-state index in [1.54, 1.807) is 6.07 Å². The van der Waals surface area contributed by atoms with E-state index in [0.29, 0.717) is 18.5 Å². The molecule has 0 amide bonds. The molecule has 8 aromatic carbocycles. The van der Waals surface area contributed by atoms with Crippen LogP contribution in [-0.4, -0.2) is 5.54 Å². The van der Waals surface area contributed by atoms with E-state index in [-0.39, 0.29) is 0 Å². The van der Waals surface area contributed by atoms with Gasteiger partial charge in [0.1, 0.15) is 5.69 Å². The highest BCUT2D eigenvalue weighted by atomic mass is 19.2. The topological polar surface area (TPSA) is 3.24 Å². The van der Waals surface area contributed by atoms with Crippen molar-refractivity contribution in [1.29, 1.82) is 0 Å².